The summed E-state index contributed by atoms with van der Waals surface area (Å²) in [5, 5.41) is 1.66. The molecule has 0 spiro atoms. The van der Waals surface area contributed by atoms with Crippen LogP contribution in [0.3, 0.4) is 0 Å². The lowest BCUT2D eigenvalue weighted by Crippen LogP contribution is -2.31. The molecule has 0 N–H and O–H groups in total. The quantitative estimate of drug-likeness (QED) is 0.211. The second kappa shape index (κ2) is 8.75. The summed E-state index contributed by atoms with van der Waals surface area (Å²) in [7, 11) is 0. The molecule has 0 bridgehead atoms. The maximum atomic E-state index is 14.0. The summed E-state index contributed by atoms with van der Waals surface area (Å²) in [6.45, 7) is 11.0. The van der Waals surface area contributed by atoms with Gasteiger partial charge in [0.25, 0.3) is 0 Å². The monoisotopic (exact) mass is 535 g/mol. The van der Waals surface area contributed by atoms with Crippen molar-refractivity contribution in [1.29, 1.82) is 0 Å². The van der Waals surface area contributed by atoms with E-state index >= 15 is 0 Å². The molecule has 3 heteroatoms. The summed E-state index contributed by atoms with van der Waals surface area (Å²) in [5.74, 6) is -1.09. The molecule has 0 fully saturated rings. The molecule has 1 unspecified atom stereocenters. The van der Waals surface area contributed by atoms with Gasteiger partial charge in [0.1, 0.15) is 5.92 Å². The predicted octanol–water partition coefficient (Wildman–Crippen LogP) is 9.41. The summed E-state index contributed by atoms with van der Waals surface area (Å²) in [6.07, 6.45) is 0. The van der Waals surface area contributed by atoms with Gasteiger partial charge < -0.3 is 4.90 Å². The normalized spacial score (nSPS) is 17.4. The maximum Gasteiger partial charge on any atom is 0.178 e. The summed E-state index contributed by atoms with van der Waals surface area (Å²) < 4.78 is 0. The molecule has 41 heavy (non-hydrogen) atoms. The third-order valence-corrected chi connectivity index (χ3v) is 9.06. The molecule has 0 radical (unpaired) electrons. The molecule has 202 valence electrons. The summed E-state index contributed by atoms with van der Waals surface area (Å²) in [5.41, 5.74) is 8.65. The number of rotatable bonds is 2. The number of nitrogens with zero attached hydrogens (tertiary/aromatic N) is 1. The Kier molecular flexibility index (Phi) is 5.43. The molecule has 0 saturated heterocycles. The number of hydrogen-bond donors (Lipinski definition) is 0. The molecular formula is C38H33NO2. The van der Waals surface area contributed by atoms with Gasteiger partial charge >= 0.3 is 0 Å². The highest BCUT2D eigenvalue weighted by Crippen LogP contribution is 2.53. The molecular weight excluding hydrogens is 502 g/mol. The van der Waals surface area contributed by atoms with Crippen LogP contribution >= 0.6 is 0 Å². The van der Waals surface area contributed by atoms with Gasteiger partial charge in [-0.1, -0.05) is 113 Å². The van der Waals surface area contributed by atoms with Crippen molar-refractivity contribution < 1.29 is 9.59 Å². The lowest BCUT2D eigenvalue weighted by Gasteiger charge is -2.42. The molecule has 5 aromatic carbocycles. The van der Waals surface area contributed by atoms with Crippen LogP contribution in [0, 0.1) is 0 Å². The number of carbonyl (C=O) groups is 2. The SMILES string of the molecule is CC(C)(C)c1ccc(C2C(=O)c3cccc4c(N5c6ccccc6C(C)(C)c6ccccc65)ccc(c34)C2=O)cc1. The van der Waals surface area contributed by atoms with E-state index in [9.17, 15) is 9.59 Å². The lowest BCUT2D eigenvalue weighted by molar-refractivity contribution is 0.0856. The zero-order valence-electron chi connectivity index (χ0n) is 24.2. The fraction of sp³-hybridized carbons (Fsp3) is 0.211. The molecule has 3 nitrogen and oxygen atoms in total. The Balaban J connectivity index is 1.42. The van der Waals surface area contributed by atoms with Crippen LogP contribution in [0.2, 0.25) is 0 Å². The van der Waals surface area contributed by atoms with Crippen LogP contribution in [0.5, 0.6) is 0 Å². The predicted molar refractivity (Wildman–Crippen MR) is 167 cm³/mol. The van der Waals surface area contributed by atoms with Gasteiger partial charge in [-0.3, -0.25) is 9.59 Å². The van der Waals surface area contributed by atoms with Crippen molar-refractivity contribution in [2.24, 2.45) is 0 Å². The van der Waals surface area contributed by atoms with E-state index in [1.54, 1.807) is 0 Å². The van der Waals surface area contributed by atoms with E-state index in [2.05, 4.69) is 94.1 Å². The number of carbonyl (C=O) groups excluding carboxylic acids is 2. The molecule has 5 aromatic rings. The van der Waals surface area contributed by atoms with Crippen LogP contribution in [0.15, 0.2) is 103 Å². The van der Waals surface area contributed by atoms with E-state index in [-0.39, 0.29) is 22.4 Å². The highest BCUT2D eigenvalue weighted by atomic mass is 16.2. The second-order valence-corrected chi connectivity index (χ2v) is 12.9. The zero-order valence-corrected chi connectivity index (χ0v) is 24.2. The number of Topliss-reactive ketones (excluding diaryl/α,β-unsaturated/α-hetero) is 2. The summed E-state index contributed by atoms with van der Waals surface area (Å²) in [6, 6.07) is 34.9. The summed E-state index contributed by atoms with van der Waals surface area (Å²) >= 11 is 0. The van der Waals surface area contributed by atoms with Crippen molar-refractivity contribution in [2.75, 3.05) is 4.90 Å². The zero-order chi connectivity index (χ0) is 28.7. The minimum absolute atomic E-state index is 0.00535. The van der Waals surface area contributed by atoms with Crippen LogP contribution in [0.4, 0.5) is 17.1 Å². The van der Waals surface area contributed by atoms with Gasteiger partial charge in [0.15, 0.2) is 11.6 Å². The minimum atomic E-state index is -0.829. The first-order valence-electron chi connectivity index (χ1n) is 14.3. The smallest absolute Gasteiger partial charge is 0.178 e. The molecule has 1 aliphatic heterocycles. The number of fused-ring (bicyclic) bond motifs is 2. The molecule has 1 heterocycles. The fourth-order valence-corrected chi connectivity index (χ4v) is 6.83. The first kappa shape index (κ1) is 25.5. The maximum absolute atomic E-state index is 14.0. The standard InChI is InChI=1S/C38H33NO2/c1-37(2,3)24-19-17-23(18-20-24)33-35(40)26-12-10-11-25-30(22-21-27(34(25)26)36(33)41)39-31-15-8-6-13-28(31)38(4,5)29-14-7-9-16-32(29)39/h6-22,33H,1-5H3. The Morgan fingerprint density at radius 2 is 1.17 bits per heavy atom. The third-order valence-electron chi connectivity index (χ3n) is 9.06. The van der Waals surface area contributed by atoms with Crippen molar-refractivity contribution >= 4 is 39.4 Å². The van der Waals surface area contributed by atoms with Crippen molar-refractivity contribution in [1.82, 2.24) is 0 Å². The van der Waals surface area contributed by atoms with Gasteiger partial charge in [-0.25, -0.2) is 0 Å². The Morgan fingerprint density at radius 3 is 1.76 bits per heavy atom. The topological polar surface area (TPSA) is 37.4 Å². The van der Waals surface area contributed by atoms with E-state index in [0.29, 0.717) is 11.1 Å². The largest absolute Gasteiger partial charge is 0.309 e. The Morgan fingerprint density at radius 1 is 0.610 bits per heavy atom. The average Bonchev–Trinajstić information content (AvgIpc) is 2.96. The number of benzene rings is 5. The Hall–Kier alpha value is -4.50. The highest BCUT2D eigenvalue weighted by Gasteiger charge is 2.40. The van der Waals surface area contributed by atoms with Crippen LogP contribution in [-0.2, 0) is 10.8 Å². The molecule has 1 aliphatic carbocycles. The molecule has 0 amide bonds. The molecule has 0 aromatic heterocycles. The Labute approximate surface area is 241 Å². The van der Waals surface area contributed by atoms with Crippen LogP contribution in [-0.4, -0.2) is 11.6 Å². The lowest BCUT2D eigenvalue weighted by atomic mass is 9.73. The van der Waals surface area contributed by atoms with E-state index in [1.165, 1.54) is 16.7 Å². The number of ketones is 2. The van der Waals surface area contributed by atoms with E-state index in [0.717, 1.165) is 33.4 Å². The van der Waals surface area contributed by atoms with Gasteiger partial charge in [0.05, 0.1) is 17.1 Å². The number of hydrogen-bond acceptors (Lipinski definition) is 3. The second-order valence-electron chi connectivity index (χ2n) is 12.9. The molecule has 7 rings (SSSR count). The van der Waals surface area contributed by atoms with E-state index < -0.39 is 5.92 Å². The number of anilines is 3. The van der Waals surface area contributed by atoms with Crippen molar-refractivity contribution in [2.45, 2.75) is 51.4 Å². The number of para-hydroxylation sites is 2. The van der Waals surface area contributed by atoms with Crippen molar-refractivity contribution in [3.63, 3.8) is 0 Å². The fourth-order valence-electron chi connectivity index (χ4n) is 6.83. The van der Waals surface area contributed by atoms with Crippen LogP contribution in [0.1, 0.15) is 83.5 Å². The van der Waals surface area contributed by atoms with Gasteiger partial charge in [-0.2, -0.15) is 0 Å². The van der Waals surface area contributed by atoms with Gasteiger partial charge in [-0.05, 0) is 51.9 Å². The van der Waals surface area contributed by atoms with Gasteiger partial charge in [0, 0.05) is 27.3 Å². The van der Waals surface area contributed by atoms with E-state index in [4.69, 9.17) is 0 Å². The van der Waals surface area contributed by atoms with Crippen molar-refractivity contribution in [3.8, 4) is 0 Å². The van der Waals surface area contributed by atoms with Gasteiger partial charge in [0.2, 0.25) is 0 Å². The van der Waals surface area contributed by atoms with E-state index in [1.807, 2.05) is 48.5 Å². The molecule has 1 atom stereocenters. The van der Waals surface area contributed by atoms with Crippen molar-refractivity contribution in [3.05, 3.63) is 137 Å². The molecule has 0 saturated carbocycles. The first-order valence-corrected chi connectivity index (χ1v) is 14.3. The van der Waals surface area contributed by atoms with Crippen LogP contribution < -0.4 is 4.90 Å². The first-order chi connectivity index (χ1) is 19.6. The highest BCUT2D eigenvalue weighted by molar-refractivity contribution is 6.33. The third kappa shape index (κ3) is 3.65. The average molecular weight is 536 g/mol. The van der Waals surface area contributed by atoms with Gasteiger partial charge in [-0.15, -0.1) is 0 Å². The molecule has 2 aliphatic rings. The Bertz CT molecular complexity index is 1820. The minimum Gasteiger partial charge on any atom is -0.309 e. The van der Waals surface area contributed by atoms with Crippen LogP contribution in [0.25, 0.3) is 10.8 Å². The summed E-state index contributed by atoms with van der Waals surface area (Å²) in [4.78, 5) is 30.4.